The topological polar surface area (TPSA) is 14.2 Å². The summed E-state index contributed by atoms with van der Waals surface area (Å²) in [5.74, 6) is 3.19. The van der Waals surface area contributed by atoms with Crippen LogP contribution in [0.5, 0.6) is 11.5 Å². The van der Waals surface area contributed by atoms with Crippen molar-refractivity contribution in [2.45, 2.75) is 59.3 Å². The van der Waals surface area contributed by atoms with E-state index in [1.807, 2.05) is 0 Å². The summed E-state index contributed by atoms with van der Waals surface area (Å²) < 4.78 is 9.12. The van der Waals surface area contributed by atoms with Crippen LogP contribution in [-0.4, -0.2) is 11.3 Å². The number of aromatic nitrogens is 1. The van der Waals surface area contributed by atoms with Crippen LogP contribution in [0.1, 0.15) is 76.0 Å². The Kier molecular flexibility index (Phi) is 6.50. The zero-order chi connectivity index (χ0) is 29.1. The van der Waals surface area contributed by atoms with Crippen LogP contribution >= 0.6 is 0 Å². The molecule has 0 spiro atoms. The minimum absolute atomic E-state index is 0.105. The number of benzene rings is 5. The second-order valence-corrected chi connectivity index (χ2v) is 12.7. The zero-order valence-corrected chi connectivity index (χ0v) is 25.5. The van der Waals surface area contributed by atoms with Gasteiger partial charge in [-0.2, -0.15) is 0 Å². The molecule has 0 amide bonds. The lowest BCUT2D eigenvalue weighted by atomic mass is 9.34. The zero-order valence-electron chi connectivity index (χ0n) is 25.5. The number of para-hydroxylation sites is 3. The average Bonchev–Trinajstić information content (AvgIpc) is 3.33. The summed E-state index contributed by atoms with van der Waals surface area (Å²) in [5.41, 5.74) is 11.8. The van der Waals surface area contributed by atoms with Crippen molar-refractivity contribution in [1.82, 2.24) is 4.57 Å². The van der Waals surface area contributed by atoms with Crippen LogP contribution in [0.4, 0.5) is 0 Å². The van der Waals surface area contributed by atoms with Crippen molar-refractivity contribution in [3.63, 3.8) is 0 Å². The molecule has 1 aliphatic heterocycles. The number of fused-ring (bicyclic) bond motifs is 5. The number of rotatable bonds is 5. The van der Waals surface area contributed by atoms with Crippen LogP contribution in [0.3, 0.4) is 0 Å². The van der Waals surface area contributed by atoms with Gasteiger partial charge in [-0.15, -0.1) is 0 Å². The first-order valence-corrected chi connectivity index (χ1v) is 15.4. The van der Waals surface area contributed by atoms with Gasteiger partial charge in [-0.3, -0.25) is 0 Å². The molecule has 0 bridgehead atoms. The second kappa shape index (κ2) is 10.2. The highest BCUT2D eigenvalue weighted by atomic mass is 16.5. The normalized spacial score (nSPS) is 12.8. The second-order valence-electron chi connectivity index (χ2n) is 12.7. The average molecular weight is 548 g/mol. The molecular weight excluding hydrogens is 509 g/mol. The molecule has 2 nitrogen and oxygen atoms in total. The molecule has 0 radical (unpaired) electrons. The van der Waals surface area contributed by atoms with Gasteiger partial charge < -0.3 is 9.30 Å². The van der Waals surface area contributed by atoms with Gasteiger partial charge in [-0.1, -0.05) is 120 Å². The van der Waals surface area contributed by atoms with Crippen molar-refractivity contribution in [1.29, 1.82) is 0 Å². The van der Waals surface area contributed by atoms with E-state index in [9.17, 15) is 0 Å². The first kappa shape index (κ1) is 26.7. The van der Waals surface area contributed by atoms with Gasteiger partial charge in [0, 0.05) is 22.5 Å². The molecule has 7 rings (SSSR count). The van der Waals surface area contributed by atoms with Crippen LogP contribution in [-0.2, 0) is 0 Å². The summed E-state index contributed by atoms with van der Waals surface area (Å²) in [7, 11) is 0. The van der Waals surface area contributed by atoms with Crippen molar-refractivity contribution >= 4 is 44.9 Å². The SMILES string of the molecule is CC(C)c1cc(C(C)C)c(B2c3ccccc3Oc3cc(-n4c5ccccc5c5ccccc54)ccc32)c(C(C)C)c1. The summed E-state index contributed by atoms with van der Waals surface area (Å²) in [6.07, 6.45) is 0. The lowest BCUT2D eigenvalue weighted by Gasteiger charge is -2.32. The highest BCUT2D eigenvalue weighted by Crippen LogP contribution is 2.35. The van der Waals surface area contributed by atoms with Crippen molar-refractivity contribution in [2.75, 3.05) is 0 Å². The Morgan fingerprint density at radius 2 is 1.10 bits per heavy atom. The van der Waals surface area contributed by atoms with Crippen LogP contribution in [0.15, 0.2) is 103 Å². The van der Waals surface area contributed by atoms with Gasteiger partial charge in [0.1, 0.15) is 11.5 Å². The molecule has 3 heteroatoms. The highest BCUT2D eigenvalue weighted by molar-refractivity contribution is 6.97. The van der Waals surface area contributed by atoms with E-state index in [0.29, 0.717) is 17.8 Å². The molecule has 0 N–H and O–H groups in total. The van der Waals surface area contributed by atoms with Crippen molar-refractivity contribution in [3.05, 3.63) is 120 Å². The number of hydrogen-bond donors (Lipinski definition) is 0. The van der Waals surface area contributed by atoms with Crippen LogP contribution in [0.25, 0.3) is 27.5 Å². The maximum absolute atomic E-state index is 6.74. The minimum Gasteiger partial charge on any atom is -0.458 e. The third kappa shape index (κ3) is 4.17. The van der Waals surface area contributed by atoms with Crippen molar-refractivity contribution < 1.29 is 4.74 Å². The molecule has 42 heavy (non-hydrogen) atoms. The van der Waals surface area contributed by atoms with E-state index in [4.69, 9.17) is 4.74 Å². The van der Waals surface area contributed by atoms with E-state index >= 15 is 0 Å². The van der Waals surface area contributed by atoms with Gasteiger partial charge in [0.25, 0.3) is 6.71 Å². The first-order chi connectivity index (χ1) is 20.3. The van der Waals surface area contributed by atoms with Gasteiger partial charge in [0.2, 0.25) is 0 Å². The summed E-state index contributed by atoms with van der Waals surface area (Å²) >= 11 is 0. The lowest BCUT2D eigenvalue weighted by Crippen LogP contribution is -2.57. The number of hydrogen-bond acceptors (Lipinski definition) is 1. The Morgan fingerprint density at radius 3 is 1.69 bits per heavy atom. The Labute approximate surface area is 250 Å². The van der Waals surface area contributed by atoms with E-state index in [1.165, 1.54) is 54.9 Å². The standard InChI is InChI=1S/C39H38BNO/c1-24(2)27-21-31(25(3)4)39(32(22-27)26(5)6)40-33-15-9-12-18-37(33)42-38-23-28(19-20-34(38)40)41-35-16-10-7-13-29(35)30-14-8-11-17-36(30)41/h7-26H,1-6H3. The first-order valence-electron chi connectivity index (χ1n) is 15.4. The predicted molar refractivity (Wildman–Crippen MR) is 181 cm³/mol. The van der Waals surface area contributed by atoms with E-state index in [-0.39, 0.29) is 6.71 Å². The molecule has 1 aliphatic rings. The van der Waals surface area contributed by atoms with Gasteiger partial charge in [-0.05, 0) is 69.6 Å². The molecule has 0 atom stereocenters. The fraction of sp³-hybridized carbons (Fsp3) is 0.231. The maximum atomic E-state index is 6.74. The van der Waals surface area contributed by atoms with Crippen LogP contribution < -0.4 is 21.1 Å². The molecule has 0 unspecified atom stereocenters. The molecule has 208 valence electrons. The molecular formula is C39H38BNO. The molecule has 0 saturated heterocycles. The van der Waals surface area contributed by atoms with E-state index in [1.54, 1.807) is 0 Å². The highest BCUT2D eigenvalue weighted by Gasteiger charge is 2.36. The molecule has 0 saturated carbocycles. The quantitative estimate of drug-likeness (QED) is 0.197. The molecule has 0 aliphatic carbocycles. The Morgan fingerprint density at radius 1 is 0.548 bits per heavy atom. The molecule has 6 aromatic rings. The molecule has 2 heterocycles. The molecule has 5 aromatic carbocycles. The Hall–Kier alpha value is -4.24. The van der Waals surface area contributed by atoms with Gasteiger partial charge in [-0.25, -0.2) is 0 Å². The number of ether oxygens (including phenoxy) is 1. The van der Waals surface area contributed by atoms with Gasteiger partial charge in [0.05, 0.1) is 11.0 Å². The smallest absolute Gasteiger partial charge is 0.251 e. The van der Waals surface area contributed by atoms with E-state index in [2.05, 4.69) is 149 Å². The maximum Gasteiger partial charge on any atom is 0.251 e. The predicted octanol–water partition coefficient (Wildman–Crippen LogP) is 8.78. The Balaban J connectivity index is 1.49. The molecule has 0 fully saturated rings. The summed E-state index contributed by atoms with van der Waals surface area (Å²) in [5, 5.41) is 2.53. The monoisotopic (exact) mass is 547 g/mol. The van der Waals surface area contributed by atoms with Gasteiger partial charge >= 0.3 is 0 Å². The fourth-order valence-corrected chi connectivity index (χ4v) is 6.94. The van der Waals surface area contributed by atoms with Crippen molar-refractivity contribution in [2.24, 2.45) is 0 Å². The third-order valence-corrected chi connectivity index (χ3v) is 9.06. The summed E-state index contributed by atoms with van der Waals surface area (Å²) in [6.45, 7) is 14.1. The van der Waals surface area contributed by atoms with Crippen LogP contribution in [0.2, 0.25) is 0 Å². The molecule has 1 aromatic heterocycles. The van der Waals surface area contributed by atoms with Crippen LogP contribution in [0, 0.1) is 0 Å². The summed E-state index contributed by atoms with van der Waals surface area (Å²) in [6, 6.07) is 37.8. The van der Waals surface area contributed by atoms with Crippen molar-refractivity contribution in [3.8, 4) is 17.2 Å². The van der Waals surface area contributed by atoms with E-state index in [0.717, 1.165) is 17.2 Å². The van der Waals surface area contributed by atoms with E-state index < -0.39 is 0 Å². The number of nitrogens with zero attached hydrogens (tertiary/aromatic N) is 1. The summed E-state index contributed by atoms with van der Waals surface area (Å²) in [4.78, 5) is 0. The minimum atomic E-state index is 0.105. The fourth-order valence-electron chi connectivity index (χ4n) is 6.94. The largest absolute Gasteiger partial charge is 0.458 e. The third-order valence-electron chi connectivity index (χ3n) is 9.06. The van der Waals surface area contributed by atoms with Gasteiger partial charge in [0.15, 0.2) is 0 Å². The Bertz CT molecular complexity index is 1880. The lowest BCUT2D eigenvalue weighted by molar-refractivity contribution is 0.487.